The Hall–Kier alpha value is -1.54. The second-order valence-corrected chi connectivity index (χ2v) is 6.47. The zero-order valence-corrected chi connectivity index (χ0v) is 13.7. The van der Waals surface area contributed by atoms with Gasteiger partial charge in [-0.3, -0.25) is 4.79 Å². The maximum absolute atomic E-state index is 13.1. The summed E-state index contributed by atoms with van der Waals surface area (Å²) in [6.45, 7) is 7.38. The van der Waals surface area contributed by atoms with Gasteiger partial charge in [-0.2, -0.15) is 13.2 Å². The standard InChI is InChI=1S/C15H19BF3NO3/c1-13(2)14(3,4)23-16(22-13)9-6-7-11(15(17,18)19)10(8-9)12(21)20-5/h6-8H,1-5H3,(H,20,21). The molecule has 1 aromatic rings. The van der Waals surface area contributed by atoms with Gasteiger partial charge in [0.05, 0.1) is 22.3 Å². The molecule has 0 saturated carbocycles. The summed E-state index contributed by atoms with van der Waals surface area (Å²) >= 11 is 0. The van der Waals surface area contributed by atoms with E-state index in [9.17, 15) is 18.0 Å². The molecule has 1 aromatic carbocycles. The maximum atomic E-state index is 13.1. The molecule has 0 radical (unpaired) electrons. The third-order valence-corrected chi connectivity index (χ3v) is 4.35. The van der Waals surface area contributed by atoms with Crippen molar-refractivity contribution in [2.75, 3.05) is 7.05 Å². The first-order chi connectivity index (χ1) is 10.4. The van der Waals surface area contributed by atoms with E-state index in [2.05, 4.69) is 5.32 Å². The van der Waals surface area contributed by atoms with Gasteiger partial charge in [0, 0.05) is 7.05 Å². The van der Waals surface area contributed by atoms with Crippen LogP contribution in [-0.4, -0.2) is 31.3 Å². The number of halogens is 3. The van der Waals surface area contributed by atoms with Crippen molar-refractivity contribution >= 4 is 18.5 Å². The molecule has 1 saturated heterocycles. The molecule has 4 nitrogen and oxygen atoms in total. The van der Waals surface area contributed by atoms with Crippen molar-refractivity contribution in [3.63, 3.8) is 0 Å². The number of benzene rings is 1. The van der Waals surface area contributed by atoms with E-state index < -0.39 is 41.5 Å². The van der Waals surface area contributed by atoms with Gasteiger partial charge in [0.15, 0.2) is 0 Å². The molecule has 0 aliphatic carbocycles. The molecule has 1 fully saturated rings. The highest BCUT2D eigenvalue weighted by Gasteiger charge is 2.52. The molecule has 126 valence electrons. The van der Waals surface area contributed by atoms with Crippen LogP contribution in [0.2, 0.25) is 0 Å². The van der Waals surface area contributed by atoms with Crippen molar-refractivity contribution in [1.29, 1.82) is 0 Å². The van der Waals surface area contributed by atoms with Crippen LogP contribution in [0.1, 0.15) is 43.6 Å². The van der Waals surface area contributed by atoms with Gasteiger partial charge >= 0.3 is 13.3 Å². The van der Waals surface area contributed by atoms with E-state index in [0.29, 0.717) is 5.46 Å². The molecular weight excluding hydrogens is 310 g/mol. The fourth-order valence-corrected chi connectivity index (χ4v) is 2.26. The average molecular weight is 329 g/mol. The van der Waals surface area contributed by atoms with Crippen LogP contribution in [0.25, 0.3) is 0 Å². The van der Waals surface area contributed by atoms with E-state index in [4.69, 9.17) is 9.31 Å². The molecule has 1 amide bonds. The zero-order valence-electron chi connectivity index (χ0n) is 13.7. The third kappa shape index (κ3) is 3.23. The minimum atomic E-state index is -4.61. The van der Waals surface area contributed by atoms with Gasteiger partial charge in [-0.15, -0.1) is 0 Å². The summed E-state index contributed by atoms with van der Waals surface area (Å²) < 4.78 is 50.8. The van der Waals surface area contributed by atoms with Crippen LogP contribution in [0.5, 0.6) is 0 Å². The topological polar surface area (TPSA) is 47.6 Å². The third-order valence-electron chi connectivity index (χ3n) is 4.35. The SMILES string of the molecule is CNC(=O)c1cc(B2OC(C)(C)C(C)(C)O2)ccc1C(F)(F)F. The fraction of sp³-hybridized carbons (Fsp3) is 0.533. The maximum Gasteiger partial charge on any atom is 0.494 e. The lowest BCUT2D eigenvalue weighted by molar-refractivity contribution is -0.137. The van der Waals surface area contributed by atoms with Crippen molar-refractivity contribution in [3.05, 3.63) is 29.3 Å². The van der Waals surface area contributed by atoms with Crippen LogP contribution >= 0.6 is 0 Å². The Kier molecular flexibility index (Phi) is 4.28. The van der Waals surface area contributed by atoms with Crippen LogP contribution < -0.4 is 10.8 Å². The van der Waals surface area contributed by atoms with Crippen LogP contribution in [0.4, 0.5) is 13.2 Å². The molecule has 0 atom stereocenters. The van der Waals surface area contributed by atoms with Gasteiger partial charge in [-0.1, -0.05) is 6.07 Å². The number of amides is 1. The lowest BCUT2D eigenvalue weighted by atomic mass is 9.77. The lowest BCUT2D eigenvalue weighted by Gasteiger charge is -2.32. The number of nitrogens with one attached hydrogen (secondary N) is 1. The summed E-state index contributed by atoms with van der Waals surface area (Å²) in [5.41, 5.74) is -2.30. The fourth-order valence-electron chi connectivity index (χ4n) is 2.26. The van der Waals surface area contributed by atoms with Gasteiger partial charge in [0.25, 0.3) is 5.91 Å². The largest absolute Gasteiger partial charge is 0.494 e. The van der Waals surface area contributed by atoms with E-state index in [-0.39, 0.29) is 0 Å². The van der Waals surface area contributed by atoms with E-state index in [1.807, 2.05) is 27.7 Å². The van der Waals surface area contributed by atoms with Crippen LogP contribution in [-0.2, 0) is 15.5 Å². The molecule has 0 bridgehead atoms. The van der Waals surface area contributed by atoms with E-state index in [0.717, 1.165) is 6.07 Å². The highest BCUT2D eigenvalue weighted by Crippen LogP contribution is 2.37. The van der Waals surface area contributed by atoms with Crippen LogP contribution in [0.15, 0.2) is 18.2 Å². The molecule has 0 spiro atoms. The number of carbonyl (C=O) groups is 1. The Balaban J connectivity index is 2.45. The molecule has 1 heterocycles. The molecule has 8 heteroatoms. The van der Waals surface area contributed by atoms with Crippen molar-refractivity contribution in [1.82, 2.24) is 5.32 Å². The number of alkyl halides is 3. The number of rotatable bonds is 2. The first kappa shape index (κ1) is 17.8. The number of hydrogen-bond acceptors (Lipinski definition) is 3. The molecule has 1 aliphatic heterocycles. The summed E-state index contributed by atoms with van der Waals surface area (Å²) in [4.78, 5) is 11.8. The molecule has 1 aliphatic rings. The smallest absolute Gasteiger partial charge is 0.399 e. The molecule has 0 aromatic heterocycles. The predicted octanol–water partition coefficient (Wildman–Crippen LogP) is 2.36. The van der Waals surface area contributed by atoms with Gasteiger partial charge in [-0.25, -0.2) is 0 Å². The molecule has 1 N–H and O–H groups in total. The second kappa shape index (κ2) is 5.52. The predicted molar refractivity (Wildman–Crippen MR) is 80.6 cm³/mol. The summed E-state index contributed by atoms with van der Waals surface area (Å²) in [5.74, 6) is -0.810. The first-order valence-electron chi connectivity index (χ1n) is 7.18. The number of carbonyl (C=O) groups excluding carboxylic acids is 1. The van der Waals surface area contributed by atoms with Crippen molar-refractivity contribution in [3.8, 4) is 0 Å². The van der Waals surface area contributed by atoms with Crippen LogP contribution in [0, 0.1) is 0 Å². The van der Waals surface area contributed by atoms with Crippen molar-refractivity contribution in [2.24, 2.45) is 0 Å². The number of hydrogen-bond donors (Lipinski definition) is 1. The molecule has 23 heavy (non-hydrogen) atoms. The Morgan fingerprint density at radius 1 is 1.13 bits per heavy atom. The van der Waals surface area contributed by atoms with Gasteiger partial charge in [-0.05, 0) is 45.3 Å². The molecular formula is C15H19BF3NO3. The first-order valence-corrected chi connectivity index (χ1v) is 7.18. The van der Waals surface area contributed by atoms with Crippen molar-refractivity contribution < 1.29 is 27.3 Å². The summed E-state index contributed by atoms with van der Waals surface area (Å²) in [5, 5.41) is 2.22. The van der Waals surface area contributed by atoms with E-state index >= 15 is 0 Å². The Morgan fingerprint density at radius 2 is 1.65 bits per heavy atom. The van der Waals surface area contributed by atoms with Crippen LogP contribution in [0.3, 0.4) is 0 Å². The summed E-state index contributed by atoms with van der Waals surface area (Å²) in [6.07, 6.45) is -4.61. The minimum Gasteiger partial charge on any atom is -0.399 e. The lowest BCUT2D eigenvalue weighted by Crippen LogP contribution is -2.41. The quantitative estimate of drug-likeness (QED) is 0.848. The second-order valence-electron chi connectivity index (χ2n) is 6.47. The highest BCUT2D eigenvalue weighted by atomic mass is 19.4. The van der Waals surface area contributed by atoms with Gasteiger partial charge < -0.3 is 14.6 Å². The molecule has 0 unspecified atom stereocenters. The summed E-state index contributed by atoms with van der Waals surface area (Å²) in [6, 6.07) is 3.33. The van der Waals surface area contributed by atoms with Gasteiger partial charge in [0.1, 0.15) is 0 Å². The van der Waals surface area contributed by atoms with Gasteiger partial charge in [0.2, 0.25) is 0 Å². The monoisotopic (exact) mass is 329 g/mol. The normalized spacial score (nSPS) is 19.7. The average Bonchev–Trinajstić information content (AvgIpc) is 2.65. The van der Waals surface area contributed by atoms with E-state index in [1.165, 1.54) is 19.2 Å². The molecule has 2 rings (SSSR count). The van der Waals surface area contributed by atoms with Crippen molar-refractivity contribution in [2.45, 2.75) is 45.1 Å². The minimum absolute atomic E-state index is 0.371. The Labute approximate surface area is 133 Å². The Morgan fingerprint density at radius 3 is 2.09 bits per heavy atom. The Bertz CT molecular complexity index is 613. The zero-order chi connectivity index (χ0) is 17.6. The summed E-state index contributed by atoms with van der Waals surface area (Å²) in [7, 11) is 0.454. The highest BCUT2D eigenvalue weighted by molar-refractivity contribution is 6.62. The van der Waals surface area contributed by atoms with E-state index in [1.54, 1.807) is 0 Å².